The van der Waals surface area contributed by atoms with E-state index in [2.05, 4.69) is 27.9 Å². The average Bonchev–Trinajstić information content (AvgIpc) is 2.52. The maximum atomic E-state index is 11.7. The molecule has 0 saturated heterocycles. The third kappa shape index (κ3) is 5.69. The summed E-state index contributed by atoms with van der Waals surface area (Å²) in [5, 5.41) is 2.67. The molecular formula is C17H14INO3. The van der Waals surface area contributed by atoms with Crippen molar-refractivity contribution in [1.82, 2.24) is 0 Å². The second-order valence-corrected chi connectivity index (χ2v) is 5.66. The monoisotopic (exact) mass is 407 g/mol. The molecule has 0 aliphatic rings. The Hall–Kier alpha value is -2.15. The molecule has 0 unspecified atom stereocenters. The molecule has 5 heteroatoms. The van der Waals surface area contributed by atoms with E-state index in [1.165, 1.54) is 6.08 Å². The van der Waals surface area contributed by atoms with E-state index in [0.29, 0.717) is 5.69 Å². The maximum absolute atomic E-state index is 11.7. The van der Waals surface area contributed by atoms with Crippen LogP contribution in [0.5, 0.6) is 0 Å². The van der Waals surface area contributed by atoms with E-state index in [1.54, 1.807) is 12.1 Å². The molecule has 0 spiro atoms. The van der Waals surface area contributed by atoms with Gasteiger partial charge in [0.25, 0.3) is 5.91 Å². The number of hydrogen-bond acceptors (Lipinski definition) is 3. The second-order valence-electron chi connectivity index (χ2n) is 4.41. The van der Waals surface area contributed by atoms with Gasteiger partial charge in [-0.3, -0.25) is 4.79 Å². The average molecular weight is 407 g/mol. The zero-order valence-corrected chi connectivity index (χ0v) is 13.8. The number of esters is 1. The van der Waals surface area contributed by atoms with Crippen LogP contribution < -0.4 is 5.32 Å². The van der Waals surface area contributed by atoms with Crippen LogP contribution in [0, 0.1) is 3.57 Å². The SMILES string of the molecule is O=C(COC(=O)/C=C/c1ccccc1)Nc1cccc(I)c1. The van der Waals surface area contributed by atoms with Crippen LogP contribution in [0.25, 0.3) is 6.08 Å². The minimum Gasteiger partial charge on any atom is -0.452 e. The van der Waals surface area contributed by atoms with Gasteiger partial charge in [0.05, 0.1) is 0 Å². The molecule has 2 rings (SSSR count). The number of rotatable bonds is 5. The molecule has 0 saturated carbocycles. The Kier molecular flexibility index (Phi) is 6.14. The number of benzene rings is 2. The molecule has 0 heterocycles. The van der Waals surface area contributed by atoms with Gasteiger partial charge in [0.1, 0.15) is 0 Å². The predicted molar refractivity (Wildman–Crippen MR) is 94.2 cm³/mol. The van der Waals surface area contributed by atoms with Crippen LogP contribution in [0.15, 0.2) is 60.7 Å². The van der Waals surface area contributed by atoms with Crippen LogP contribution in [0.4, 0.5) is 5.69 Å². The molecule has 1 amide bonds. The molecule has 0 aliphatic heterocycles. The fourth-order valence-corrected chi connectivity index (χ4v) is 2.22. The molecule has 0 aliphatic carbocycles. The van der Waals surface area contributed by atoms with Gasteiger partial charge in [-0.05, 0) is 52.4 Å². The van der Waals surface area contributed by atoms with Gasteiger partial charge in [0, 0.05) is 15.3 Å². The fraction of sp³-hybridized carbons (Fsp3) is 0.0588. The normalized spacial score (nSPS) is 10.4. The highest BCUT2D eigenvalue weighted by atomic mass is 127. The molecule has 2 aromatic carbocycles. The predicted octanol–water partition coefficient (Wildman–Crippen LogP) is 3.49. The lowest BCUT2D eigenvalue weighted by Crippen LogP contribution is -2.20. The Balaban J connectivity index is 1.78. The summed E-state index contributed by atoms with van der Waals surface area (Å²) in [4.78, 5) is 23.2. The molecule has 0 aromatic heterocycles. The Morgan fingerprint density at radius 3 is 2.59 bits per heavy atom. The van der Waals surface area contributed by atoms with Crippen molar-refractivity contribution >= 4 is 46.2 Å². The summed E-state index contributed by atoms with van der Waals surface area (Å²) >= 11 is 2.15. The summed E-state index contributed by atoms with van der Waals surface area (Å²) < 4.78 is 5.90. The Morgan fingerprint density at radius 2 is 1.86 bits per heavy atom. The minimum absolute atomic E-state index is 0.316. The highest BCUT2D eigenvalue weighted by molar-refractivity contribution is 14.1. The first-order valence-electron chi connectivity index (χ1n) is 6.59. The van der Waals surface area contributed by atoms with Crippen LogP contribution in [-0.2, 0) is 14.3 Å². The van der Waals surface area contributed by atoms with Crippen molar-refractivity contribution in [2.24, 2.45) is 0 Å². The summed E-state index contributed by atoms with van der Waals surface area (Å²) in [6.07, 6.45) is 2.94. The number of amides is 1. The van der Waals surface area contributed by atoms with E-state index in [4.69, 9.17) is 4.74 Å². The molecule has 0 atom stereocenters. The van der Waals surface area contributed by atoms with Crippen molar-refractivity contribution in [1.29, 1.82) is 0 Å². The molecule has 1 N–H and O–H groups in total. The molecule has 2 aromatic rings. The second kappa shape index (κ2) is 8.33. The molecule has 0 fully saturated rings. The number of ether oxygens (including phenoxy) is 1. The zero-order chi connectivity index (χ0) is 15.8. The van der Waals surface area contributed by atoms with E-state index >= 15 is 0 Å². The third-order valence-electron chi connectivity index (χ3n) is 2.67. The van der Waals surface area contributed by atoms with Gasteiger partial charge in [-0.1, -0.05) is 36.4 Å². The van der Waals surface area contributed by atoms with Crippen LogP contribution >= 0.6 is 22.6 Å². The minimum atomic E-state index is -0.554. The van der Waals surface area contributed by atoms with Crippen molar-refractivity contribution in [2.75, 3.05) is 11.9 Å². The highest BCUT2D eigenvalue weighted by Gasteiger charge is 2.05. The Morgan fingerprint density at radius 1 is 1.09 bits per heavy atom. The smallest absolute Gasteiger partial charge is 0.331 e. The lowest BCUT2D eigenvalue weighted by molar-refractivity contribution is -0.142. The molecule has 4 nitrogen and oxygen atoms in total. The molecule has 22 heavy (non-hydrogen) atoms. The van der Waals surface area contributed by atoms with Gasteiger partial charge in [0.2, 0.25) is 0 Å². The molecule has 0 radical (unpaired) electrons. The molecular weight excluding hydrogens is 393 g/mol. The van der Waals surface area contributed by atoms with E-state index in [9.17, 15) is 9.59 Å². The van der Waals surface area contributed by atoms with Gasteiger partial charge in [-0.25, -0.2) is 4.79 Å². The van der Waals surface area contributed by atoms with Crippen LogP contribution in [0.1, 0.15) is 5.56 Å². The maximum Gasteiger partial charge on any atom is 0.331 e. The summed E-state index contributed by atoms with van der Waals surface area (Å²) in [6.45, 7) is -0.316. The zero-order valence-electron chi connectivity index (χ0n) is 11.7. The van der Waals surface area contributed by atoms with E-state index in [0.717, 1.165) is 9.13 Å². The number of carbonyl (C=O) groups is 2. The summed E-state index contributed by atoms with van der Waals surface area (Å²) in [6, 6.07) is 16.7. The first kappa shape index (κ1) is 16.2. The van der Waals surface area contributed by atoms with Crippen molar-refractivity contribution in [2.45, 2.75) is 0 Å². The van der Waals surface area contributed by atoms with Crippen molar-refractivity contribution in [3.8, 4) is 0 Å². The van der Waals surface area contributed by atoms with Gasteiger partial charge >= 0.3 is 5.97 Å². The Labute approximate surface area is 142 Å². The van der Waals surface area contributed by atoms with Crippen LogP contribution in [0.2, 0.25) is 0 Å². The number of nitrogens with one attached hydrogen (secondary N) is 1. The van der Waals surface area contributed by atoms with E-state index < -0.39 is 5.97 Å². The van der Waals surface area contributed by atoms with Crippen molar-refractivity contribution in [3.05, 3.63) is 69.8 Å². The highest BCUT2D eigenvalue weighted by Crippen LogP contribution is 2.12. The summed E-state index contributed by atoms with van der Waals surface area (Å²) in [5.74, 6) is -0.926. The third-order valence-corrected chi connectivity index (χ3v) is 3.34. The van der Waals surface area contributed by atoms with Crippen LogP contribution in [-0.4, -0.2) is 18.5 Å². The van der Waals surface area contributed by atoms with Gasteiger partial charge in [-0.2, -0.15) is 0 Å². The Bertz CT molecular complexity index is 683. The quantitative estimate of drug-likeness (QED) is 0.469. The number of halogens is 1. The lowest BCUT2D eigenvalue weighted by Gasteiger charge is -2.05. The first-order valence-corrected chi connectivity index (χ1v) is 7.67. The van der Waals surface area contributed by atoms with Crippen LogP contribution in [0.3, 0.4) is 0 Å². The first-order chi connectivity index (χ1) is 10.6. The van der Waals surface area contributed by atoms with E-state index in [-0.39, 0.29) is 12.5 Å². The number of carbonyl (C=O) groups excluding carboxylic acids is 2. The lowest BCUT2D eigenvalue weighted by atomic mass is 10.2. The number of anilines is 1. The van der Waals surface area contributed by atoms with Crippen molar-refractivity contribution < 1.29 is 14.3 Å². The summed E-state index contributed by atoms with van der Waals surface area (Å²) in [7, 11) is 0. The standard InChI is InChI=1S/C17H14INO3/c18-14-7-4-8-15(11-14)19-16(20)12-22-17(21)10-9-13-5-2-1-3-6-13/h1-11H,12H2,(H,19,20)/b10-9+. The van der Waals surface area contributed by atoms with Gasteiger partial charge < -0.3 is 10.1 Å². The van der Waals surface area contributed by atoms with E-state index in [1.807, 2.05) is 48.5 Å². The topological polar surface area (TPSA) is 55.4 Å². The summed E-state index contributed by atoms with van der Waals surface area (Å²) in [5.41, 5.74) is 1.57. The van der Waals surface area contributed by atoms with Gasteiger partial charge in [0.15, 0.2) is 6.61 Å². The van der Waals surface area contributed by atoms with Gasteiger partial charge in [-0.15, -0.1) is 0 Å². The molecule has 112 valence electrons. The van der Waals surface area contributed by atoms with Crippen molar-refractivity contribution in [3.63, 3.8) is 0 Å². The molecule has 0 bridgehead atoms. The number of hydrogen-bond donors (Lipinski definition) is 1. The fourth-order valence-electron chi connectivity index (χ4n) is 1.68. The largest absolute Gasteiger partial charge is 0.452 e.